The van der Waals surface area contributed by atoms with Gasteiger partial charge in [-0.3, -0.25) is 14.9 Å². The van der Waals surface area contributed by atoms with Gasteiger partial charge in [-0.2, -0.15) is 0 Å². The number of carbonyl (C=O) groups excluding carboxylic acids is 2. The van der Waals surface area contributed by atoms with E-state index in [-0.39, 0.29) is 17.4 Å². The van der Waals surface area contributed by atoms with Crippen molar-refractivity contribution < 1.29 is 24.4 Å². The van der Waals surface area contributed by atoms with Crippen molar-refractivity contribution in [3.05, 3.63) is 46.2 Å². The lowest BCUT2D eigenvalue weighted by Crippen LogP contribution is -2.51. The number of nitrogens with zero attached hydrogens (tertiary/aromatic N) is 1. The van der Waals surface area contributed by atoms with Gasteiger partial charge in [0, 0.05) is 11.8 Å². The summed E-state index contributed by atoms with van der Waals surface area (Å²) in [5.74, 6) is -2.38. The molecule has 1 aromatic carbocycles. The third kappa shape index (κ3) is 3.45. The van der Waals surface area contributed by atoms with Crippen LogP contribution in [-0.4, -0.2) is 23.0 Å². The summed E-state index contributed by atoms with van der Waals surface area (Å²) < 4.78 is 5.16. The van der Waals surface area contributed by atoms with Crippen molar-refractivity contribution in [2.45, 2.75) is 26.0 Å². The fourth-order valence-corrected chi connectivity index (χ4v) is 2.42. The number of urea groups is 1. The zero-order valence-corrected chi connectivity index (χ0v) is 13.1. The number of nitro benzene ring substituents is 1. The molecule has 0 aromatic heterocycles. The van der Waals surface area contributed by atoms with E-state index in [2.05, 4.69) is 17.2 Å². The average molecular weight is 334 g/mol. The van der Waals surface area contributed by atoms with E-state index < -0.39 is 40.3 Å². The predicted molar refractivity (Wildman–Crippen MR) is 80.8 cm³/mol. The van der Waals surface area contributed by atoms with Gasteiger partial charge in [-0.25, -0.2) is 4.79 Å². The molecule has 2 amide bonds. The molecule has 1 aromatic rings. The standard InChI is InChI=1S/C15H17N3O6/c1-7(2)24-14(20)12-8(3)16-15(21)17-13(12)9-4-5-11(19)10(6-9)18(22)23/h4-7,12-13,19H,3H2,1-2H3,(H2,16,17,21)/p-1. The number of nitro groups is 1. The number of nitrogens with one attached hydrogen (secondary N) is 2. The molecule has 2 rings (SSSR count). The summed E-state index contributed by atoms with van der Waals surface area (Å²) in [6.07, 6.45) is -0.387. The minimum Gasteiger partial charge on any atom is -0.868 e. The van der Waals surface area contributed by atoms with E-state index in [0.29, 0.717) is 0 Å². The fraction of sp³-hybridized carbons (Fsp3) is 0.333. The monoisotopic (exact) mass is 334 g/mol. The molecule has 1 heterocycles. The van der Waals surface area contributed by atoms with Gasteiger partial charge in [0.05, 0.1) is 17.1 Å². The molecule has 9 heteroatoms. The molecule has 1 fully saturated rings. The Bertz CT molecular complexity index is 715. The summed E-state index contributed by atoms with van der Waals surface area (Å²) in [7, 11) is 0. The highest BCUT2D eigenvalue weighted by Gasteiger charge is 2.39. The normalized spacial score (nSPS) is 20.3. The number of hydrogen-bond donors (Lipinski definition) is 2. The van der Waals surface area contributed by atoms with Crippen LogP contribution in [0.4, 0.5) is 10.5 Å². The molecule has 1 saturated heterocycles. The summed E-state index contributed by atoms with van der Waals surface area (Å²) >= 11 is 0. The minimum atomic E-state index is -0.984. The smallest absolute Gasteiger partial charge is 0.319 e. The molecule has 24 heavy (non-hydrogen) atoms. The Morgan fingerprint density at radius 2 is 2.08 bits per heavy atom. The maximum absolute atomic E-state index is 12.3. The zero-order valence-electron chi connectivity index (χ0n) is 13.1. The molecular formula is C15H16N3O6-. The predicted octanol–water partition coefficient (Wildman–Crippen LogP) is 1.10. The third-order valence-electron chi connectivity index (χ3n) is 3.41. The van der Waals surface area contributed by atoms with Gasteiger partial charge in [-0.15, -0.1) is 0 Å². The molecule has 0 saturated carbocycles. The summed E-state index contributed by atoms with van der Waals surface area (Å²) in [4.78, 5) is 34.2. The highest BCUT2D eigenvalue weighted by atomic mass is 16.6. The molecule has 0 spiro atoms. The number of ether oxygens (including phenoxy) is 1. The van der Waals surface area contributed by atoms with Crippen molar-refractivity contribution in [2.24, 2.45) is 5.92 Å². The summed E-state index contributed by atoms with van der Waals surface area (Å²) in [5.41, 5.74) is -0.284. The fourth-order valence-electron chi connectivity index (χ4n) is 2.42. The van der Waals surface area contributed by atoms with Crippen LogP contribution in [0.3, 0.4) is 0 Å². The quantitative estimate of drug-likeness (QED) is 0.481. The second-order valence-electron chi connectivity index (χ2n) is 5.55. The van der Waals surface area contributed by atoms with Gasteiger partial charge in [0.25, 0.3) is 5.69 Å². The molecule has 1 aliphatic rings. The van der Waals surface area contributed by atoms with Crippen LogP contribution >= 0.6 is 0 Å². The molecule has 2 atom stereocenters. The van der Waals surface area contributed by atoms with E-state index in [1.807, 2.05) is 0 Å². The van der Waals surface area contributed by atoms with Crippen molar-refractivity contribution in [1.82, 2.24) is 10.6 Å². The molecule has 9 nitrogen and oxygen atoms in total. The van der Waals surface area contributed by atoms with Crippen LogP contribution in [0.25, 0.3) is 0 Å². The molecular weight excluding hydrogens is 318 g/mol. The summed E-state index contributed by atoms with van der Waals surface area (Å²) in [6.45, 7) is 6.99. The number of hydrogen-bond acceptors (Lipinski definition) is 6. The third-order valence-corrected chi connectivity index (χ3v) is 3.41. The van der Waals surface area contributed by atoms with E-state index in [9.17, 15) is 24.8 Å². The lowest BCUT2D eigenvalue weighted by atomic mass is 9.88. The van der Waals surface area contributed by atoms with Crippen LogP contribution in [0.5, 0.6) is 5.75 Å². The molecule has 0 bridgehead atoms. The van der Waals surface area contributed by atoms with Crippen molar-refractivity contribution >= 4 is 17.7 Å². The number of benzene rings is 1. The van der Waals surface area contributed by atoms with Crippen molar-refractivity contribution in [1.29, 1.82) is 0 Å². The lowest BCUT2D eigenvalue weighted by molar-refractivity contribution is -0.398. The van der Waals surface area contributed by atoms with E-state index in [1.165, 1.54) is 6.07 Å². The molecule has 1 aliphatic heterocycles. The molecule has 0 radical (unpaired) electrons. The van der Waals surface area contributed by atoms with Crippen molar-refractivity contribution in [2.75, 3.05) is 0 Å². The van der Waals surface area contributed by atoms with E-state index in [1.54, 1.807) is 13.8 Å². The highest BCUT2D eigenvalue weighted by molar-refractivity contribution is 5.85. The topological polar surface area (TPSA) is 134 Å². The number of amides is 2. The Hall–Kier alpha value is -3.10. The van der Waals surface area contributed by atoms with Crippen LogP contribution in [0, 0.1) is 16.0 Å². The largest absolute Gasteiger partial charge is 0.868 e. The van der Waals surface area contributed by atoms with Crippen LogP contribution in [0.15, 0.2) is 30.5 Å². The average Bonchev–Trinajstić information content (AvgIpc) is 2.45. The summed E-state index contributed by atoms with van der Waals surface area (Å²) in [6, 6.07) is 1.86. The van der Waals surface area contributed by atoms with Crippen LogP contribution < -0.4 is 15.7 Å². The Labute approximate surface area is 137 Å². The van der Waals surface area contributed by atoms with E-state index >= 15 is 0 Å². The SMILES string of the molecule is C=C1NC(=O)NC(c2ccc([O-])c([N+](=O)[O-])c2)C1C(=O)OC(C)C. The first-order valence-corrected chi connectivity index (χ1v) is 7.13. The second kappa shape index (κ2) is 6.57. The van der Waals surface area contributed by atoms with Crippen LogP contribution in [0.1, 0.15) is 25.5 Å². The van der Waals surface area contributed by atoms with Crippen molar-refractivity contribution in [3.63, 3.8) is 0 Å². The second-order valence-corrected chi connectivity index (χ2v) is 5.55. The maximum Gasteiger partial charge on any atom is 0.319 e. The molecule has 0 aliphatic carbocycles. The lowest BCUT2D eigenvalue weighted by Gasteiger charge is -2.33. The number of carbonyl (C=O) groups is 2. The Morgan fingerprint density at radius 1 is 1.42 bits per heavy atom. The Balaban J connectivity index is 2.44. The Kier molecular flexibility index (Phi) is 4.72. The van der Waals surface area contributed by atoms with Gasteiger partial charge in [0.2, 0.25) is 0 Å². The van der Waals surface area contributed by atoms with Gasteiger partial charge in [0.1, 0.15) is 5.92 Å². The van der Waals surface area contributed by atoms with Gasteiger partial charge < -0.3 is 20.5 Å². The van der Waals surface area contributed by atoms with E-state index in [4.69, 9.17) is 4.74 Å². The van der Waals surface area contributed by atoms with Gasteiger partial charge >= 0.3 is 12.0 Å². The van der Waals surface area contributed by atoms with Gasteiger partial charge in [-0.05, 0) is 25.2 Å². The van der Waals surface area contributed by atoms with Gasteiger partial charge in [0.15, 0.2) is 0 Å². The van der Waals surface area contributed by atoms with E-state index in [0.717, 1.165) is 12.1 Å². The number of esters is 1. The first kappa shape index (κ1) is 17.3. The van der Waals surface area contributed by atoms with Gasteiger partial charge in [-0.1, -0.05) is 18.7 Å². The molecule has 128 valence electrons. The first-order chi connectivity index (χ1) is 11.2. The van der Waals surface area contributed by atoms with Crippen molar-refractivity contribution in [3.8, 4) is 5.75 Å². The summed E-state index contributed by atoms with van der Waals surface area (Å²) in [5, 5.41) is 27.4. The minimum absolute atomic E-state index is 0.114. The maximum atomic E-state index is 12.3. The van der Waals surface area contributed by atoms with Crippen LogP contribution in [-0.2, 0) is 9.53 Å². The van der Waals surface area contributed by atoms with Crippen LogP contribution in [0.2, 0.25) is 0 Å². The molecule has 2 unspecified atom stereocenters. The highest BCUT2D eigenvalue weighted by Crippen LogP contribution is 2.34. The molecule has 2 N–H and O–H groups in total. The first-order valence-electron chi connectivity index (χ1n) is 7.13. The zero-order chi connectivity index (χ0) is 18.0. The number of rotatable bonds is 4. The Morgan fingerprint density at radius 3 is 2.67 bits per heavy atom.